The van der Waals surface area contributed by atoms with Gasteiger partial charge in [-0.05, 0) is 45.2 Å². The first-order valence-corrected chi connectivity index (χ1v) is 6.73. The van der Waals surface area contributed by atoms with Crippen LogP contribution < -0.4 is 10.1 Å². The van der Waals surface area contributed by atoms with Crippen molar-refractivity contribution in [2.24, 2.45) is 0 Å². The number of rotatable bonds is 5. The van der Waals surface area contributed by atoms with Gasteiger partial charge in [0.15, 0.2) is 6.10 Å². The van der Waals surface area contributed by atoms with E-state index in [0.29, 0.717) is 17.4 Å². The largest absolute Gasteiger partial charge is 0.481 e. The van der Waals surface area contributed by atoms with Crippen molar-refractivity contribution in [2.45, 2.75) is 51.9 Å². The maximum absolute atomic E-state index is 11.9. The molecule has 1 aromatic carbocycles. The summed E-state index contributed by atoms with van der Waals surface area (Å²) in [7, 11) is 0. The SMILES string of the molecule is Cc1ccc([C@H](C)O)c(OC(C)C(=O)NC2CC2)c1. The molecule has 2 atom stereocenters. The van der Waals surface area contributed by atoms with E-state index in [9.17, 15) is 9.90 Å². The Morgan fingerprint density at radius 1 is 1.42 bits per heavy atom. The summed E-state index contributed by atoms with van der Waals surface area (Å²) in [6.07, 6.45) is 0.943. The van der Waals surface area contributed by atoms with Crippen LogP contribution in [0.15, 0.2) is 18.2 Å². The summed E-state index contributed by atoms with van der Waals surface area (Å²) >= 11 is 0. The minimum Gasteiger partial charge on any atom is -0.481 e. The van der Waals surface area contributed by atoms with Crippen LogP contribution in [0, 0.1) is 6.92 Å². The minimum atomic E-state index is -0.616. The zero-order chi connectivity index (χ0) is 14.0. The lowest BCUT2D eigenvalue weighted by molar-refractivity contribution is -0.127. The quantitative estimate of drug-likeness (QED) is 0.855. The molecule has 1 amide bonds. The lowest BCUT2D eigenvalue weighted by Gasteiger charge is -2.18. The number of aliphatic hydroxyl groups excluding tert-OH is 1. The second-order valence-corrected chi connectivity index (χ2v) is 5.26. The van der Waals surface area contributed by atoms with Crippen molar-refractivity contribution in [3.8, 4) is 5.75 Å². The fourth-order valence-electron chi connectivity index (χ4n) is 1.88. The normalized spacial score (nSPS) is 17.7. The average Bonchev–Trinajstić information content (AvgIpc) is 3.12. The summed E-state index contributed by atoms with van der Waals surface area (Å²) in [5, 5.41) is 12.6. The highest BCUT2D eigenvalue weighted by atomic mass is 16.5. The first-order chi connectivity index (χ1) is 8.97. The number of benzene rings is 1. The van der Waals surface area contributed by atoms with E-state index in [2.05, 4.69) is 5.32 Å². The maximum atomic E-state index is 11.9. The van der Waals surface area contributed by atoms with Gasteiger partial charge in [0.1, 0.15) is 5.75 Å². The Balaban J connectivity index is 2.07. The lowest BCUT2D eigenvalue weighted by Crippen LogP contribution is -2.37. The van der Waals surface area contributed by atoms with Crippen LogP contribution in [0.25, 0.3) is 0 Å². The van der Waals surface area contributed by atoms with Gasteiger partial charge in [0, 0.05) is 11.6 Å². The molecule has 2 N–H and O–H groups in total. The molecular formula is C15H21NO3. The molecule has 0 saturated heterocycles. The molecule has 104 valence electrons. The van der Waals surface area contributed by atoms with Crippen LogP contribution in [0.3, 0.4) is 0 Å². The fourth-order valence-corrected chi connectivity index (χ4v) is 1.88. The van der Waals surface area contributed by atoms with Crippen molar-refractivity contribution in [2.75, 3.05) is 0 Å². The number of hydrogen-bond acceptors (Lipinski definition) is 3. The molecule has 19 heavy (non-hydrogen) atoms. The zero-order valence-electron chi connectivity index (χ0n) is 11.6. The monoisotopic (exact) mass is 263 g/mol. The number of nitrogens with one attached hydrogen (secondary N) is 1. The third kappa shape index (κ3) is 3.70. The van der Waals surface area contributed by atoms with Crippen molar-refractivity contribution >= 4 is 5.91 Å². The number of carbonyl (C=O) groups is 1. The van der Waals surface area contributed by atoms with E-state index in [1.807, 2.05) is 25.1 Å². The summed E-state index contributed by atoms with van der Waals surface area (Å²) in [5.74, 6) is 0.481. The van der Waals surface area contributed by atoms with Gasteiger partial charge in [0.05, 0.1) is 6.10 Å². The van der Waals surface area contributed by atoms with E-state index < -0.39 is 12.2 Å². The van der Waals surface area contributed by atoms with E-state index in [0.717, 1.165) is 18.4 Å². The third-order valence-electron chi connectivity index (χ3n) is 3.22. The lowest BCUT2D eigenvalue weighted by atomic mass is 10.1. The van der Waals surface area contributed by atoms with Gasteiger partial charge in [-0.3, -0.25) is 4.79 Å². The molecule has 4 heteroatoms. The Morgan fingerprint density at radius 2 is 2.11 bits per heavy atom. The molecule has 1 aliphatic rings. The highest BCUT2D eigenvalue weighted by Crippen LogP contribution is 2.27. The zero-order valence-corrected chi connectivity index (χ0v) is 11.6. The van der Waals surface area contributed by atoms with E-state index in [-0.39, 0.29) is 5.91 Å². The van der Waals surface area contributed by atoms with Crippen LogP contribution in [0.5, 0.6) is 5.75 Å². The molecule has 0 aliphatic heterocycles. The summed E-state index contributed by atoms with van der Waals surface area (Å²) in [6.45, 7) is 5.37. The highest BCUT2D eigenvalue weighted by molar-refractivity contribution is 5.81. The van der Waals surface area contributed by atoms with Gasteiger partial charge in [-0.25, -0.2) is 0 Å². The smallest absolute Gasteiger partial charge is 0.260 e. The Hall–Kier alpha value is -1.55. The summed E-state index contributed by atoms with van der Waals surface area (Å²) < 4.78 is 5.71. The minimum absolute atomic E-state index is 0.0967. The number of aryl methyl sites for hydroxylation is 1. The van der Waals surface area contributed by atoms with Gasteiger partial charge in [-0.1, -0.05) is 12.1 Å². The number of hydrogen-bond donors (Lipinski definition) is 2. The molecule has 0 bridgehead atoms. The van der Waals surface area contributed by atoms with Crippen molar-refractivity contribution in [3.05, 3.63) is 29.3 Å². The van der Waals surface area contributed by atoms with E-state index in [4.69, 9.17) is 4.74 Å². The van der Waals surface area contributed by atoms with Crippen LogP contribution >= 0.6 is 0 Å². The van der Waals surface area contributed by atoms with Crippen LogP contribution in [0.4, 0.5) is 0 Å². The van der Waals surface area contributed by atoms with Gasteiger partial charge in [0.2, 0.25) is 0 Å². The molecule has 4 nitrogen and oxygen atoms in total. The van der Waals surface area contributed by atoms with Gasteiger partial charge < -0.3 is 15.2 Å². The molecule has 0 heterocycles. The van der Waals surface area contributed by atoms with Crippen molar-refractivity contribution in [1.29, 1.82) is 0 Å². The molecular weight excluding hydrogens is 242 g/mol. The van der Waals surface area contributed by atoms with E-state index >= 15 is 0 Å². The highest BCUT2D eigenvalue weighted by Gasteiger charge is 2.26. The second-order valence-electron chi connectivity index (χ2n) is 5.26. The number of aliphatic hydroxyl groups is 1. The molecule has 0 spiro atoms. The van der Waals surface area contributed by atoms with E-state index in [1.165, 1.54) is 0 Å². The van der Waals surface area contributed by atoms with Crippen molar-refractivity contribution in [3.63, 3.8) is 0 Å². The topological polar surface area (TPSA) is 58.6 Å². The summed E-state index contributed by atoms with van der Waals surface area (Å²) in [6, 6.07) is 5.93. The Bertz CT molecular complexity index is 466. The van der Waals surface area contributed by atoms with Gasteiger partial charge in [-0.15, -0.1) is 0 Å². The molecule has 0 aromatic heterocycles. The van der Waals surface area contributed by atoms with Crippen LogP contribution in [-0.4, -0.2) is 23.2 Å². The first kappa shape index (κ1) is 13.9. The summed E-state index contributed by atoms with van der Waals surface area (Å²) in [5.41, 5.74) is 1.74. The summed E-state index contributed by atoms with van der Waals surface area (Å²) in [4.78, 5) is 11.9. The molecule has 1 aliphatic carbocycles. The predicted octanol–water partition coefficient (Wildman–Crippen LogP) is 2.09. The third-order valence-corrected chi connectivity index (χ3v) is 3.22. The van der Waals surface area contributed by atoms with E-state index in [1.54, 1.807) is 13.8 Å². The number of carbonyl (C=O) groups excluding carboxylic acids is 1. The standard InChI is InChI=1S/C15H21NO3/c1-9-4-7-13(10(2)17)14(8-9)19-11(3)15(18)16-12-5-6-12/h4,7-8,10-12,17H,5-6H2,1-3H3,(H,16,18)/t10-,11?/m0/s1. The molecule has 1 fully saturated rings. The average molecular weight is 263 g/mol. The predicted molar refractivity (Wildman–Crippen MR) is 73.1 cm³/mol. The van der Waals surface area contributed by atoms with Crippen molar-refractivity contribution in [1.82, 2.24) is 5.32 Å². The number of amides is 1. The van der Waals surface area contributed by atoms with Crippen LogP contribution in [0.2, 0.25) is 0 Å². The Morgan fingerprint density at radius 3 is 2.68 bits per heavy atom. The molecule has 1 aromatic rings. The first-order valence-electron chi connectivity index (χ1n) is 6.73. The number of ether oxygens (including phenoxy) is 1. The van der Waals surface area contributed by atoms with Crippen molar-refractivity contribution < 1.29 is 14.6 Å². The van der Waals surface area contributed by atoms with Crippen LogP contribution in [0.1, 0.15) is 43.9 Å². The van der Waals surface area contributed by atoms with Gasteiger partial charge in [-0.2, -0.15) is 0 Å². The van der Waals surface area contributed by atoms with Crippen LogP contribution in [-0.2, 0) is 4.79 Å². The molecule has 1 unspecified atom stereocenters. The molecule has 2 rings (SSSR count). The van der Waals surface area contributed by atoms with Gasteiger partial charge >= 0.3 is 0 Å². The fraction of sp³-hybridized carbons (Fsp3) is 0.533. The van der Waals surface area contributed by atoms with Gasteiger partial charge in [0.25, 0.3) is 5.91 Å². The molecule has 1 saturated carbocycles. The Kier molecular flexibility index (Phi) is 4.10. The Labute approximate surface area is 113 Å². The second kappa shape index (κ2) is 5.61. The molecule has 0 radical (unpaired) electrons. The maximum Gasteiger partial charge on any atom is 0.260 e.